The van der Waals surface area contributed by atoms with Crippen molar-refractivity contribution >= 4 is 15.7 Å². The molecule has 0 aromatic heterocycles. The Balaban J connectivity index is 2.44. The van der Waals surface area contributed by atoms with Gasteiger partial charge in [-0.3, -0.25) is 4.79 Å². The lowest BCUT2D eigenvalue weighted by Crippen LogP contribution is -2.47. The van der Waals surface area contributed by atoms with Crippen LogP contribution in [0.2, 0.25) is 0 Å². The Kier molecular flexibility index (Phi) is 12.9. The maximum Gasteiger partial charge on any atom is 0.222 e. The van der Waals surface area contributed by atoms with Crippen LogP contribution in [-0.4, -0.2) is 32.2 Å². The molecule has 1 amide bonds. The van der Waals surface area contributed by atoms with Crippen LogP contribution in [0.5, 0.6) is 0 Å². The van der Waals surface area contributed by atoms with Gasteiger partial charge in [0.15, 0.2) is 9.84 Å². The Morgan fingerprint density at radius 2 is 1.50 bits per heavy atom. The van der Waals surface area contributed by atoms with Crippen LogP contribution in [0.3, 0.4) is 0 Å². The van der Waals surface area contributed by atoms with Crippen LogP contribution in [0, 0.1) is 17.6 Å². The minimum Gasteiger partial charge on any atom is -0.351 e. The molecule has 38 heavy (non-hydrogen) atoms. The third-order valence-corrected chi connectivity index (χ3v) is 9.54. The van der Waals surface area contributed by atoms with Crippen molar-refractivity contribution in [3.8, 4) is 0 Å². The molecule has 0 bridgehead atoms. The first-order chi connectivity index (χ1) is 18.0. The molecule has 2 rings (SSSR count). The molecule has 0 radical (unpaired) electrons. The van der Waals surface area contributed by atoms with Crippen LogP contribution < -0.4 is 10.6 Å². The molecule has 2 atom stereocenters. The first kappa shape index (κ1) is 31.9. The highest BCUT2D eigenvalue weighted by atomic mass is 32.2. The van der Waals surface area contributed by atoms with Crippen molar-refractivity contribution in [3.63, 3.8) is 0 Å². The predicted molar refractivity (Wildman–Crippen MR) is 151 cm³/mol. The van der Waals surface area contributed by atoms with Gasteiger partial charge in [0.25, 0.3) is 0 Å². The standard InChI is InChI=1S/C30H44F2N2O3S/c1-6-10-27(11-7-2)38(36,37)29(24-17-25(31)19-26(32)18-24)28(34-30(35)21(4)5)14-15-33-20-23-13-9-12-22(8-3)16-23/h9,12-13,16-19,21,27-29,33H,6-8,10-11,14-15,20H2,1-5H3,(H,34,35)/t28-,29?/m0/s1. The van der Waals surface area contributed by atoms with Gasteiger partial charge in [-0.2, -0.15) is 0 Å². The number of carbonyl (C=O) groups is 1. The van der Waals surface area contributed by atoms with Crippen LogP contribution in [0.15, 0.2) is 42.5 Å². The van der Waals surface area contributed by atoms with Gasteiger partial charge in [0.1, 0.15) is 16.9 Å². The Morgan fingerprint density at radius 3 is 2.05 bits per heavy atom. The van der Waals surface area contributed by atoms with Gasteiger partial charge in [-0.25, -0.2) is 17.2 Å². The van der Waals surface area contributed by atoms with Crippen molar-refractivity contribution in [2.45, 2.75) is 96.2 Å². The van der Waals surface area contributed by atoms with Gasteiger partial charge >= 0.3 is 0 Å². The molecular formula is C30H44F2N2O3S. The summed E-state index contributed by atoms with van der Waals surface area (Å²) < 4.78 is 57.0. The number of hydrogen-bond acceptors (Lipinski definition) is 4. The molecule has 0 spiro atoms. The van der Waals surface area contributed by atoms with E-state index in [0.717, 1.165) is 30.2 Å². The summed E-state index contributed by atoms with van der Waals surface area (Å²) in [5.41, 5.74) is 2.36. The summed E-state index contributed by atoms with van der Waals surface area (Å²) in [4.78, 5) is 12.8. The van der Waals surface area contributed by atoms with Crippen molar-refractivity contribution < 1.29 is 22.0 Å². The second-order valence-corrected chi connectivity index (χ2v) is 12.7. The SMILES string of the molecule is CCCC(CCC)S(=O)(=O)C(c1cc(F)cc(F)c1)[C@H](CCNCc1cccc(CC)c1)NC(=O)C(C)C. The van der Waals surface area contributed by atoms with E-state index in [-0.39, 0.29) is 23.8 Å². The third-order valence-electron chi connectivity index (χ3n) is 6.83. The Bertz CT molecular complexity index is 1110. The molecule has 2 aromatic rings. The van der Waals surface area contributed by atoms with Crippen LogP contribution in [-0.2, 0) is 27.6 Å². The van der Waals surface area contributed by atoms with E-state index in [0.29, 0.717) is 38.8 Å². The Morgan fingerprint density at radius 1 is 0.895 bits per heavy atom. The largest absolute Gasteiger partial charge is 0.351 e. The van der Waals surface area contributed by atoms with E-state index in [1.54, 1.807) is 13.8 Å². The van der Waals surface area contributed by atoms with E-state index >= 15 is 0 Å². The highest BCUT2D eigenvalue weighted by Gasteiger charge is 2.40. The maximum atomic E-state index is 14.3. The van der Waals surface area contributed by atoms with Crippen molar-refractivity contribution in [1.82, 2.24) is 10.6 Å². The highest BCUT2D eigenvalue weighted by Crippen LogP contribution is 2.35. The van der Waals surface area contributed by atoms with Gasteiger partial charge in [-0.1, -0.05) is 71.7 Å². The molecule has 212 valence electrons. The fourth-order valence-electron chi connectivity index (χ4n) is 4.81. The number of amides is 1. The first-order valence-electron chi connectivity index (χ1n) is 13.8. The second-order valence-electron chi connectivity index (χ2n) is 10.3. The molecule has 1 unspecified atom stereocenters. The minimum absolute atomic E-state index is 0.0319. The fourth-order valence-corrected chi connectivity index (χ4v) is 7.53. The predicted octanol–water partition coefficient (Wildman–Crippen LogP) is 6.27. The average Bonchev–Trinajstić information content (AvgIpc) is 2.85. The summed E-state index contributed by atoms with van der Waals surface area (Å²) in [5.74, 6) is -2.36. The van der Waals surface area contributed by atoms with Gasteiger partial charge < -0.3 is 10.6 Å². The lowest BCUT2D eigenvalue weighted by Gasteiger charge is -2.32. The van der Waals surface area contributed by atoms with Crippen molar-refractivity contribution in [3.05, 3.63) is 70.8 Å². The monoisotopic (exact) mass is 550 g/mol. The zero-order chi connectivity index (χ0) is 28.3. The van der Waals surface area contributed by atoms with E-state index in [2.05, 4.69) is 29.7 Å². The number of carbonyl (C=O) groups excluding carboxylic acids is 1. The summed E-state index contributed by atoms with van der Waals surface area (Å²) in [6, 6.07) is 10.2. The van der Waals surface area contributed by atoms with Crippen LogP contribution >= 0.6 is 0 Å². The summed E-state index contributed by atoms with van der Waals surface area (Å²) in [6.07, 6.45) is 3.42. The van der Waals surface area contributed by atoms with Crippen LogP contribution in [0.1, 0.15) is 88.7 Å². The smallest absolute Gasteiger partial charge is 0.222 e. The molecule has 0 aliphatic carbocycles. The quantitative estimate of drug-likeness (QED) is 0.242. The number of sulfone groups is 1. The van der Waals surface area contributed by atoms with E-state index in [9.17, 15) is 22.0 Å². The molecule has 0 fully saturated rings. The van der Waals surface area contributed by atoms with Gasteiger partial charge in [0, 0.05) is 18.5 Å². The van der Waals surface area contributed by atoms with Crippen molar-refractivity contribution in [2.75, 3.05) is 6.54 Å². The molecular weight excluding hydrogens is 506 g/mol. The topological polar surface area (TPSA) is 75.3 Å². The molecule has 0 saturated heterocycles. The van der Waals surface area contributed by atoms with Crippen molar-refractivity contribution in [2.24, 2.45) is 5.92 Å². The molecule has 2 aromatic carbocycles. The Labute approximate surface area is 227 Å². The zero-order valence-corrected chi connectivity index (χ0v) is 24.2. The number of halogens is 2. The molecule has 0 heterocycles. The van der Waals surface area contributed by atoms with Gasteiger partial charge in [-0.15, -0.1) is 0 Å². The summed E-state index contributed by atoms with van der Waals surface area (Å²) >= 11 is 0. The average molecular weight is 551 g/mol. The second kappa shape index (κ2) is 15.3. The zero-order valence-electron chi connectivity index (χ0n) is 23.4. The molecule has 0 aliphatic rings. The maximum absolute atomic E-state index is 14.3. The van der Waals surface area contributed by atoms with Crippen LogP contribution in [0.4, 0.5) is 8.78 Å². The van der Waals surface area contributed by atoms with E-state index < -0.39 is 38.0 Å². The van der Waals surface area contributed by atoms with Gasteiger partial charge in [-0.05, 0) is 61.1 Å². The molecule has 0 saturated carbocycles. The fraction of sp³-hybridized carbons (Fsp3) is 0.567. The van der Waals surface area contributed by atoms with Gasteiger partial charge in [0.2, 0.25) is 5.91 Å². The number of rotatable bonds is 16. The summed E-state index contributed by atoms with van der Waals surface area (Å²) in [5, 5.41) is 4.32. The minimum atomic E-state index is -3.92. The van der Waals surface area contributed by atoms with E-state index in [4.69, 9.17) is 0 Å². The number of benzene rings is 2. The summed E-state index contributed by atoms with van der Waals surface area (Å²) in [7, 11) is -3.92. The molecule has 2 N–H and O–H groups in total. The first-order valence-corrected chi connectivity index (χ1v) is 15.4. The Hall–Kier alpha value is -2.32. The third kappa shape index (κ3) is 9.16. The van der Waals surface area contributed by atoms with E-state index in [1.807, 2.05) is 26.0 Å². The summed E-state index contributed by atoms with van der Waals surface area (Å²) in [6.45, 7) is 10.4. The van der Waals surface area contributed by atoms with Crippen molar-refractivity contribution in [1.29, 1.82) is 0 Å². The number of aryl methyl sites for hydroxylation is 1. The molecule has 0 aliphatic heterocycles. The van der Waals surface area contributed by atoms with E-state index in [1.165, 1.54) is 5.56 Å². The molecule has 5 nitrogen and oxygen atoms in total. The van der Waals surface area contributed by atoms with Crippen LogP contribution in [0.25, 0.3) is 0 Å². The normalized spacial score (nSPS) is 13.6. The number of hydrogen-bond donors (Lipinski definition) is 2. The molecule has 8 heteroatoms. The number of nitrogens with one attached hydrogen (secondary N) is 2. The lowest BCUT2D eigenvalue weighted by molar-refractivity contribution is -0.124. The van der Waals surface area contributed by atoms with Gasteiger partial charge in [0.05, 0.1) is 11.3 Å². The highest BCUT2D eigenvalue weighted by molar-refractivity contribution is 7.92. The lowest BCUT2D eigenvalue weighted by atomic mass is 10.0.